The normalized spacial score (nSPS) is 34.7. The number of allylic oxidation sites excluding steroid dienone is 4. The maximum absolute atomic E-state index is 12.1. The van der Waals surface area contributed by atoms with Crippen LogP contribution in [0.2, 0.25) is 0 Å². The van der Waals surface area contributed by atoms with Gasteiger partial charge >= 0.3 is 11.9 Å². The van der Waals surface area contributed by atoms with Gasteiger partial charge in [-0.2, -0.15) is 0 Å². The zero-order valence-corrected chi connectivity index (χ0v) is 19.1. The Labute approximate surface area is 180 Å². The van der Waals surface area contributed by atoms with Gasteiger partial charge in [-0.3, -0.25) is 9.59 Å². The number of aliphatic hydroxyl groups is 1. The number of ether oxygens (including phenoxy) is 1. The summed E-state index contributed by atoms with van der Waals surface area (Å²) in [4.78, 5) is 23.8. The fourth-order valence-electron chi connectivity index (χ4n) is 5.84. The van der Waals surface area contributed by atoms with Crippen molar-refractivity contribution >= 4 is 11.9 Å². The highest BCUT2D eigenvalue weighted by Gasteiger charge is 2.53. The quantitative estimate of drug-likeness (QED) is 0.609. The molecule has 1 heterocycles. The van der Waals surface area contributed by atoms with Crippen molar-refractivity contribution < 1.29 is 24.5 Å². The summed E-state index contributed by atoms with van der Waals surface area (Å²) < 4.78 is 5.49. The van der Waals surface area contributed by atoms with E-state index in [1.807, 2.05) is 13.8 Å². The first-order valence-electron chi connectivity index (χ1n) is 11.4. The van der Waals surface area contributed by atoms with Crippen molar-refractivity contribution in [1.29, 1.82) is 0 Å². The predicted molar refractivity (Wildman–Crippen MR) is 116 cm³/mol. The van der Waals surface area contributed by atoms with Gasteiger partial charge in [0.1, 0.15) is 6.10 Å². The molecule has 0 saturated carbocycles. The largest absolute Gasteiger partial charge is 0.481 e. The first-order chi connectivity index (χ1) is 13.9. The lowest BCUT2D eigenvalue weighted by molar-refractivity contribution is -0.160. The molecule has 5 nitrogen and oxygen atoms in total. The number of hydrogen-bond acceptors (Lipinski definition) is 4. The molecule has 168 valence electrons. The minimum absolute atomic E-state index is 0.0924. The molecular formula is C25H38O5. The average molecular weight is 419 g/mol. The number of fused-ring (bicyclic) bond motifs is 1. The van der Waals surface area contributed by atoms with E-state index in [0.29, 0.717) is 24.2 Å². The van der Waals surface area contributed by atoms with Crippen molar-refractivity contribution in [3.8, 4) is 0 Å². The molecule has 0 amide bonds. The third-order valence-corrected chi connectivity index (χ3v) is 8.53. The van der Waals surface area contributed by atoms with Gasteiger partial charge in [0.15, 0.2) is 0 Å². The van der Waals surface area contributed by atoms with E-state index in [4.69, 9.17) is 4.74 Å². The van der Waals surface area contributed by atoms with Crippen molar-refractivity contribution in [2.75, 3.05) is 0 Å². The molecule has 0 spiro atoms. The SMILES string of the molecule is C[C@H]1C=CC2=CCCC(C(C)(C)C(C)(C)C(=O)O)[C@H]2[C@H]1CCC1C[C@@H](O)CC(=O)O1. The predicted octanol–water partition coefficient (Wildman–Crippen LogP) is 4.74. The van der Waals surface area contributed by atoms with Gasteiger partial charge in [0.05, 0.1) is 17.9 Å². The molecule has 2 unspecified atom stereocenters. The molecule has 0 aromatic heterocycles. The lowest BCUT2D eigenvalue weighted by atomic mass is 9.51. The highest BCUT2D eigenvalue weighted by atomic mass is 16.5. The van der Waals surface area contributed by atoms with E-state index in [1.54, 1.807) is 0 Å². The number of carboxylic acids is 1. The Morgan fingerprint density at radius 2 is 1.93 bits per heavy atom. The molecule has 0 bridgehead atoms. The molecule has 5 heteroatoms. The van der Waals surface area contributed by atoms with Crippen LogP contribution in [0, 0.1) is 34.5 Å². The second-order valence-electron chi connectivity index (χ2n) is 10.7. The van der Waals surface area contributed by atoms with Gasteiger partial charge in [-0.05, 0) is 74.2 Å². The Hall–Kier alpha value is -1.62. The summed E-state index contributed by atoms with van der Waals surface area (Å²) in [5.74, 6) is 0.254. The third-order valence-electron chi connectivity index (χ3n) is 8.53. The molecule has 30 heavy (non-hydrogen) atoms. The topological polar surface area (TPSA) is 83.8 Å². The summed E-state index contributed by atoms with van der Waals surface area (Å²) in [6.07, 6.45) is 10.2. The Morgan fingerprint density at radius 3 is 2.57 bits per heavy atom. The van der Waals surface area contributed by atoms with E-state index in [1.165, 1.54) is 5.57 Å². The van der Waals surface area contributed by atoms with Crippen LogP contribution in [0.1, 0.15) is 73.1 Å². The standard InChI is InChI=1S/C25H38O5/c1-15-9-10-16-7-6-8-20(24(2,3)25(4,5)23(28)29)22(16)19(15)12-11-18-13-17(26)14-21(27)30-18/h7,9-10,15,17-20,22,26H,6,8,11-14H2,1-5H3,(H,28,29)/t15-,17+,18?,19-,20?,22+/m0/s1. The highest BCUT2D eigenvalue weighted by molar-refractivity contribution is 5.74. The molecule has 2 N–H and O–H groups in total. The number of carboxylic acid groups (broad SMARTS) is 1. The van der Waals surface area contributed by atoms with Crippen LogP contribution in [0.5, 0.6) is 0 Å². The second kappa shape index (κ2) is 8.49. The van der Waals surface area contributed by atoms with E-state index < -0.39 is 17.5 Å². The van der Waals surface area contributed by atoms with Crippen molar-refractivity contribution in [1.82, 2.24) is 0 Å². The van der Waals surface area contributed by atoms with Crippen molar-refractivity contribution in [2.24, 2.45) is 34.5 Å². The molecule has 0 aromatic rings. The maximum atomic E-state index is 12.1. The number of rotatable bonds is 6. The number of carbonyl (C=O) groups is 2. The van der Waals surface area contributed by atoms with Crippen molar-refractivity contribution in [2.45, 2.75) is 85.4 Å². The minimum atomic E-state index is -0.835. The molecule has 3 rings (SSSR count). The van der Waals surface area contributed by atoms with Gasteiger partial charge in [-0.1, -0.05) is 39.0 Å². The summed E-state index contributed by atoms with van der Waals surface area (Å²) in [7, 11) is 0. The maximum Gasteiger partial charge on any atom is 0.309 e. The number of aliphatic carboxylic acids is 1. The van der Waals surface area contributed by atoms with Crippen LogP contribution in [0.25, 0.3) is 0 Å². The van der Waals surface area contributed by atoms with Crippen LogP contribution < -0.4 is 0 Å². The Kier molecular flexibility index (Phi) is 6.52. The Balaban J connectivity index is 1.84. The molecule has 1 saturated heterocycles. The summed E-state index contributed by atoms with van der Waals surface area (Å²) >= 11 is 0. The molecule has 6 atom stereocenters. The lowest BCUT2D eigenvalue weighted by Gasteiger charge is -2.53. The first-order valence-corrected chi connectivity index (χ1v) is 11.4. The first kappa shape index (κ1) is 23.1. The van der Waals surface area contributed by atoms with E-state index in [0.717, 1.165) is 25.7 Å². The number of hydrogen-bond donors (Lipinski definition) is 2. The zero-order valence-electron chi connectivity index (χ0n) is 19.1. The zero-order chi connectivity index (χ0) is 22.3. The number of carbonyl (C=O) groups excluding carboxylic acids is 1. The van der Waals surface area contributed by atoms with Crippen LogP contribution in [-0.4, -0.2) is 34.4 Å². The molecule has 3 aliphatic rings. The summed E-state index contributed by atoms with van der Waals surface area (Å²) in [6, 6.07) is 0. The van der Waals surface area contributed by atoms with Crippen molar-refractivity contribution in [3.63, 3.8) is 0 Å². The lowest BCUT2D eigenvalue weighted by Crippen LogP contribution is -2.50. The van der Waals surface area contributed by atoms with Crippen LogP contribution in [-0.2, 0) is 14.3 Å². The number of cyclic esters (lactones) is 1. The van der Waals surface area contributed by atoms with Gasteiger partial charge in [0.2, 0.25) is 0 Å². The fraction of sp³-hybridized carbons (Fsp3) is 0.760. The minimum Gasteiger partial charge on any atom is -0.481 e. The van der Waals surface area contributed by atoms with Gasteiger partial charge < -0.3 is 14.9 Å². The van der Waals surface area contributed by atoms with E-state index in [-0.39, 0.29) is 29.8 Å². The monoisotopic (exact) mass is 418 g/mol. The summed E-state index contributed by atoms with van der Waals surface area (Å²) in [5.41, 5.74) is 0.127. The number of esters is 1. The molecule has 1 fully saturated rings. The third kappa shape index (κ3) is 4.23. The van der Waals surface area contributed by atoms with E-state index in [9.17, 15) is 19.8 Å². The summed E-state index contributed by atoms with van der Waals surface area (Å²) in [5, 5.41) is 19.9. The van der Waals surface area contributed by atoms with Crippen LogP contribution in [0.15, 0.2) is 23.8 Å². The van der Waals surface area contributed by atoms with Gasteiger partial charge in [0.25, 0.3) is 0 Å². The molecule has 0 aromatic carbocycles. The van der Waals surface area contributed by atoms with Crippen LogP contribution in [0.4, 0.5) is 0 Å². The summed E-state index contributed by atoms with van der Waals surface area (Å²) in [6.45, 7) is 10.2. The number of aliphatic hydroxyl groups excluding tert-OH is 1. The molecule has 2 aliphatic carbocycles. The van der Waals surface area contributed by atoms with Crippen LogP contribution >= 0.6 is 0 Å². The smallest absolute Gasteiger partial charge is 0.309 e. The van der Waals surface area contributed by atoms with Gasteiger partial charge in [-0.15, -0.1) is 0 Å². The highest BCUT2D eigenvalue weighted by Crippen LogP contribution is 2.56. The van der Waals surface area contributed by atoms with E-state index in [2.05, 4.69) is 39.0 Å². The average Bonchev–Trinajstić information content (AvgIpc) is 2.65. The van der Waals surface area contributed by atoms with E-state index >= 15 is 0 Å². The second-order valence-corrected chi connectivity index (χ2v) is 10.7. The molecular weight excluding hydrogens is 380 g/mol. The van der Waals surface area contributed by atoms with Gasteiger partial charge in [0, 0.05) is 6.42 Å². The molecule has 0 radical (unpaired) electrons. The Morgan fingerprint density at radius 1 is 1.23 bits per heavy atom. The fourth-order valence-corrected chi connectivity index (χ4v) is 5.84. The van der Waals surface area contributed by atoms with Gasteiger partial charge in [-0.25, -0.2) is 0 Å². The van der Waals surface area contributed by atoms with Crippen molar-refractivity contribution in [3.05, 3.63) is 23.8 Å². The van der Waals surface area contributed by atoms with Crippen LogP contribution in [0.3, 0.4) is 0 Å². The molecule has 1 aliphatic heterocycles. The Bertz CT molecular complexity index is 732.